The third-order valence-corrected chi connectivity index (χ3v) is 6.40. The SMILES string of the molecule is Cc1ccc(C)c(S(=O)(=O)N2Cc3ccccc3C[C@@H]2C(=O)[O-])c1. The zero-order chi connectivity index (χ0) is 17.5. The molecule has 3 rings (SSSR count). The second kappa shape index (κ2) is 6.03. The first-order valence-electron chi connectivity index (χ1n) is 7.67. The molecule has 1 aliphatic rings. The lowest BCUT2D eigenvalue weighted by molar-refractivity contribution is -0.310. The van der Waals surface area contributed by atoms with Gasteiger partial charge in [0, 0.05) is 6.54 Å². The van der Waals surface area contributed by atoms with Gasteiger partial charge in [-0.25, -0.2) is 8.42 Å². The molecule has 1 heterocycles. The molecule has 0 amide bonds. The molecule has 0 aromatic heterocycles. The van der Waals surface area contributed by atoms with Crippen LogP contribution >= 0.6 is 0 Å². The highest BCUT2D eigenvalue weighted by Crippen LogP contribution is 2.30. The molecule has 0 spiro atoms. The van der Waals surface area contributed by atoms with Crippen LogP contribution in [0.5, 0.6) is 0 Å². The lowest BCUT2D eigenvalue weighted by Crippen LogP contribution is -2.53. The summed E-state index contributed by atoms with van der Waals surface area (Å²) in [6, 6.07) is 11.2. The predicted molar refractivity (Wildman–Crippen MR) is 87.6 cm³/mol. The van der Waals surface area contributed by atoms with Gasteiger partial charge in [0.2, 0.25) is 10.0 Å². The molecule has 0 unspecified atom stereocenters. The summed E-state index contributed by atoms with van der Waals surface area (Å²) in [6.45, 7) is 3.54. The highest BCUT2D eigenvalue weighted by atomic mass is 32.2. The van der Waals surface area contributed by atoms with Crippen molar-refractivity contribution in [3.63, 3.8) is 0 Å². The Bertz CT molecular complexity index is 905. The number of nitrogens with zero attached hydrogens (tertiary/aromatic N) is 1. The Kier molecular flexibility index (Phi) is 4.19. The third-order valence-electron chi connectivity index (χ3n) is 4.41. The van der Waals surface area contributed by atoms with E-state index in [1.165, 1.54) is 0 Å². The molecule has 1 aliphatic heterocycles. The average Bonchev–Trinajstić information content (AvgIpc) is 2.55. The monoisotopic (exact) mass is 344 g/mol. The van der Waals surface area contributed by atoms with Crippen LogP contribution < -0.4 is 5.11 Å². The number of aryl methyl sites for hydroxylation is 2. The van der Waals surface area contributed by atoms with E-state index in [9.17, 15) is 18.3 Å². The Balaban J connectivity index is 2.11. The fourth-order valence-corrected chi connectivity index (χ4v) is 4.93. The van der Waals surface area contributed by atoms with Crippen LogP contribution in [0.3, 0.4) is 0 Å². The number of carboxylic acids is 1. The van der Waals surface area contributed by atoms with Crippen LogP contribution in [0.25, 0.3) is 0 Å². The Morgan fingerprint density at radius 2 is 1.79 bits per heavy atom. The van der Waals surface area contributed by atoms with Gasteiger partial charge in [0.15, 0.2) is 0 Å². The number of rotatable bonds is 3. The summed E-state index contributed by atoms with van der Waals surface area (Å²) in [5, 5.41) is 11.6. The van der Waals surface area contributed by atoms with E-state index in [1.54, 1.807) is 26.0 Å². The zero-order valence-electron chi connectivity index (χ0n) is 13.5. The molecular formula is C18H18NO4S-. The number of hydrogen-bond acceptors (Lipinski definition) is 4. The van der Waals surface area contributed by atoms with Gasteiger partial charge in [-0.2, -0.15) is 4.31 Å². The number of carbonyl (C=O) groups is 1. The molecule has 0 N–H and O–H groups in total. The second-order valence-electron chi connectivity index (χ2n) is 6.13. The van der Waals surface area contributed by atoms with Gasteiger partial charge in [0.1, 0.15) is 0 Å². The van der Waals surface area contributed by atoms with Gasteiger partial charge in [-0.1, -0.05) is 36.4 Å². The van der Waals surface area contributed by atoms with E-state index < -0.39 is 22.0 Å². The molecule has 24 heavy (non-hydrogen) atoms. The molecule has 6 heteroatoms. The fraction of sp³-hybridized carbons (Fsp3) is 0.278. The lowest BCUT2D eigenvalue weighted by Gasteiger charge is -2.36. The average molecular weight is 344 g/mol. The molecule has 0 aliphatic carbocycles. The Morgan fingerprint density at radius 1 is 1.12 bits per heavy atom. The van der Waals surface area contributed by atoms with Crippen LogP contribution in [0.4, 0.5) is 0 Å². The molecular weight excluding hydrogens is 326 g/mol. The first-order chi connectivity index (χ1) is 11.3. The van der Waals surface area contributed by atoms with Crippen molar-refractivity contribution in [3.8, 4) is 0 Å². The van der Waals surface area contributed by atoms with Crippen molar-refractivity contribution in [1.29, 1.82) is 0 Å². The van der Waals surface area contributed by atoms with Gasteiger partial charge in [0.05, 0.1) is 16.9 Å². The van der Waals surface area contributed by atoms with Crippen molar-refractivity contribution in [3.05, 3.63) is 64.7 Å². The summed E-state index contributed by atoms with van der Waals surface area (Å²) in [7, 11) is -3.94. The minimum absolute atomic E-state index is 0.0323. The first kappa shape index (κ1) is 16.7. The maximum Gasteiger partial charge on any atom is 0.244 e. The smallest absolute Gasteiger partial charge is 0.244 e. The minimum atomic E-state index is -3.94. The van der Waals surface area contributed by atoms with Gasteiger partial charge < -0.3 is 9.90 Å². The Morgan fingerprint density at radius 3 is 2.46 bits per heavy atom. The normalized spacial score (nSPS) is 18.2. The van der Waals surface area contributed by atoms with E-state index in [2.05, 4.69) is 0 Å². The Hall–Kier alpha value is -2.18. The molecule has 0 saturated carbocycles. The molecule has 1 atom stereocenters. The van der Waals surface area contributed by atoms with Crippen LogP contribution in [0.15, 0.2) is 47.4 Å². The molecule has 0 saturated heterocycles. The summed E-state index contributed by atoms with van der Waals surface area (Å²) < 4.78 is 27.3. The number of carboxylic acid groups (broad SMARTS) is 1. The quantitative estimate of drug-likeness (QED) is 0.837. The Labute approximate surface area is 141 Å². The van der Waals surface area contributed by atoms with Crippen molar-refractivity contribution in [1.82, 2.24) is 4.31 Å². The second-order valence-corrected chi connectivity index (χ2v) is 7.99. The third kappa shape index (κ3) is 2.83. The number of benzene rings is 2. The number of fused-ring (bicyclic) bond motifs is 1. The summed E-state index contributed by atoms with van der Waals surface area (Å²) in [5.74, 6) is -1.38. The van der Waals surface area contributed by atoms with Gasteiger partial charge >= 0.3 is 0 Å². The van der Waals surface area contributed by atoms with E-state index in [0.717, 1.165) is 21.0 Å². The molecule has 2 aromatic rings. The van der Waals surface area contributed by atoms with Crippen molar-refractivity contribution in [2.45, 2.75) is 37.8 Å². The van der Waals surface area contributed by atoms with Gasteiger partial charge in [-0.15, -0.1) is 0 Å². The van der Waals surface area contributed by atoms with Crippen LogP contribution in [-0.2, 0) is 27.8 Å². The molecule has 0 radical (unpaired) electrons. The van der Waals surface area contributed by atoms with E-state index in [1.807, 2.05) is 30.3 Å². The van der Waals surface area contributed by atoms with Crippen molar-refractivity contribution >= 4 is 16.0 Å². The van der Waals surface area contributed by atoms with Crippen LogP contribution in [-0.4, -0.2) is 24.7 Å². The van der Waals surface area contributed by atoms with Crippen LogP contribution in [0.2, 0.25) is 0 Å². The highest BCUT2D eigenvalue weighted by Gasteiger charge is 2.37. The number of carbonyl (C=O) groups excluding carboxylic acids is 1. The van der Waals surface area contributed by atoms with Crippen molar-refractivity contribution in [2.75, 3.05) is 0 Å². The van der Waals surface area contributed by atoms with Gasteiger partial charge in [0.25, 0.3) is 0 Å². The van der Waals surface area contributed by atoms with E-state index >= 15 is 0 Å². The molecule has 0 fully saturated rings. The first-order valence-corrected chi connectivity index (χ1v) is 9.11. The number of hydrogen-bond donors (Lipinski definition) is 0. The van der Waals surface area contributed by atoms with Gasteiger partial charge in [-0.3, -0.25) is 0 Å². The standard InChI is InChI=1S/C18H19NO4S/c1-12-7-8-13(2)17(9-12)24(22,23)19-11-15-6-4-3-5-14(15)10-16(19)18(20)21/h3-9,16H,10-11H2,1-2H3,(H,20,21)/p-1/t16-/m1/s1. The van der Waals surface area contributed by atoms with Crippen LogP contribution in [0, 0.1) is 13.8 Å². The maximum atomic E-state index is 13.1. The van der Waals surface area contributed by atoms with E-state index in [0.29, 0.717) is 5.56 Å². The molecule has 126 valence electrons. The zero-order valence-corrected chi connectivity index (χ0v) is 14.3. The minimum Gasteiger partial charge on any atom is -0.548 e. The van der Waals surface area contributed by atoms with E-state index in [-0.39, 0.29) is 17.9 Å². The van der Waals surface area contributed by atoms with Crippen LogP contribution in [0.1, 0.15) is 22.3 Å². The van der Waals surface area contributed by atoms with E-state index in [4.69, 9.17) is 0 Å². The predicted octanol–water partition coefficient (Wildman–Crippen LogP) is 1.17. The fourth-order valence-electron chi connectivity index (χ4n) is 3.06. The lowest BCUT2D eigenvalue weighted by atomic mass is 9.96. The molecule has 0 bridgehead atoms. The summed E-state index contributed by atoms with van der Waals surface area (Å²) >= 11 is 0. The highest BCUT2D eigenvalue weighted by molar-refractivity contribution is 7.89. The summed E-state index contributed by atoms with van der Waals surface area (Å²) in [4.78, 5) is 11.7. The molecule has 2 aromatic carbocycles. The topological polar surface area (TPSA) is 77.5 Å². The summed E-state index contributed by atoms with van der Waals surface area (Å²) in [5.41, 5.74) is 3.07. The largest absolute Gasteiger partial charge is 0.548 e. The van der Waals surface area contributed by atoms with Gasteiger partial charge in [-0.05, 0) is 48.6 Å². The van der Waals surface area contributed by atoms with Crippen molar-refractivity contribution < 1.29 is 18.3 Å². The number of aliphatic carboxylic acids is 1. The molecule has 5 nitrogen and oxygen atoms in total. The number of sulfonamides is 1. The maximum absolute atomic E-state index is 13.1. The summed E-state index contributed by atoms with van der Waals surface area (Å²) in [6.07, 6.45) is 0.114. The van der Waals surface area contributed by atoms with Crippen molar-refractivity contribution in [2.24, 2.45) is 0 Å².